The Morgan fingerprint density at radius 1 is 0.400 bits per heavy atom. The van der Waals surface area contributed by atoms with Crippen LogP contribution in [0.2, 0.25) is 0 Å². The average Bonchev–Trinajstić information content (AvgIpc) is 3.76. The van der Waals surface area contributed by atoms with Crippen LogP contribution in [0.15, 0.2) is 188 Å². The van der Waals surface area contributed by atoms with E-state index in [1.807, 2.05) is 18.2 Å². The van der Waals surface area contributed by atoms with Crippen molar-refractivity contribution in [3.05, 3.63) is 199 Å². The molecule has 0 aliphatic rings. The van der Waals surface area contributed by atoms with E-state index in [4.69, 9.17) is 0 Å². The van der Waals surface area contributed by atoms with Crippen LogP contribution in [0.5, 0.6) is 0 Å². The SMILES string of the molecule is N#Cc1cccc(C#N)c1-n1c2ccc(N(c3ccccc3)c3ccccc3)cc2c2c(-c3ccc4c5ccccc5n(-c5ccccc5)c4c3)cccc21. The number of fused-ring (bicyclic) bond motifs is 6. The monoisotopic (exact) mass is 701 g/mol. The van der Waals surface area contributed by atoms with Crippen molar-refractivity contribution >= 4 is 60.7 Å². The maximum Gasteiger partial charge on any atom is 0.101 e. The number of hydrogen-bond acceptors (Lipinski definition) is 3. The van der Waals surface area contributed by atoms with Gasteiger partial charge in [-0.2, -0.15) is 10.5 Å². The fourth-order valence-electron chi connectivity index (χ4n) is 8.24. The minimum absolute atomic E-state index is 0.441. The van der Waals surface area contributed by atoms with E-state index < -0.39 is 0 Å². The van der Waals surface area contributed by atoms with Crippen LogP contribution in [0, 0.1) is 22.7 Å². The van der Waals surface area contributed by atoms with Crippen molar-refractivity contribution in [1.29, 1.82) is 10.5 Å². The number of hydrogen-bond donors (Lipinski definition) is 0. The molecular weight excluding hydrogens is 671 g/mol. The molecule has 55 heavy (non-hydrogen) atoms. The Morgan fingerprint density at radius 3 is 1.67 bits per heavy atom. The molecule has 0 unspecified atom stereocenters. The van der Waals surface area contributed by atoms with Crippen molar-refractivity contribution < 1.29 is 0 Å². The Balaban J connectivity index is 1.31. The molecule has 0 spiro atoms. The van der Waals surface area contributed by atoms with Crippen molar-refractivity contribution in [1.82, 2.24) is 9.13 Å². The third-order valence-corrected chi connectivity index (χ3v) is 10.6. The first-order chi connectivity index (χ1) is 27.2. The van der Waals surface area contributed by atoms with Crippen molar-refractivity contribution in [2.24, 2.45) is 0 Å². The van der Waals surface area contributed by atoms with Gasteiger partial charge in [0.1, 0.15) is 12.1 Å². The van der Waals surface area contributed by atoms with Crippen LogP contribution in [0.4, 0.5) is 17.1 Å². The molecule has 0 N–H and O–H groups in total. The molecule has 5 nitrogen and oxygen atoms in total. The molecule has 0 aliphatic heterocycles. The van der Waals surface area contributed by atoms with Gasteiger partial charge in [0.15, 0.2) is 0 Å². The lowest BCUT2D eigenvalue weighted by atomic mass is 9.98. The minimum Gasteiger partial charge on any atom is -0.310 e. The van der Waals surface area contributed by atoms with Crippen LogP contribution in [0.1, 0.15) is 11.1 Å². The molecule has 10 rings (SSSR count). The first-order valence-corrected chi connectivity index (χ1v) is 18.2. The largest absolute Gasteiger partial charge is 0.310 e. The second kappa shape index (κ2) is 13.0. The zero-order valence-corrected chi connectivity index (χ0v) is 29.6. The lowest BCUT2D eigenvalue weighted by Gasteiger charge is -2.25. The maximum atomic E-state index is 10.4. The molecule has 0 saturated heterocycles. The molecule has 2 heterocycles. The number of nitrogens with zero attached hydrogens (tertiary/aromatic N) is 5. The third kappa shape index (κ3) is 5.07. The number of benzene rings is 8. The summed E-state index contributed by atoms with van der Waals surface area (Å²) in [6.45, 7) is 0. The van der Waals surface area contributed by atoms with E-state index in [9.17, 15) is 10.5 Å². The summed E-state index contributed by atoms with van der Waals surface area (Å²) in [5.41, 5.74) is 11.9. The second-order valence-electron chi connectivity index (χ2n) is 13.6. The molecule has 0 fully saturated rings. The van der Waals surface area contributed by atoms with E-state index >= 15 is 0 Å². The fraction of sp³-hybridized carbons (Fsp3) is 0. The van der Waals surface area contributed by atoms with Crippen LogP contribution in [-0.4, -0.2) is 9.13 Å². The Labute approximate surface area is 318 Å². The number of para-hydroxylation sites is 5. The summed E-state index contributed by atoms with van der Waals surface area (Å²) in [6, 6.07) is 69.6. The van der Waals surface area contributed by atoms with Crippen molar-refractivity contribution in [2.75, 3.05) is 4.90 Å². The zero-order chi connectivity index (χ0) is 36.9. The quantitative estimate of drug-likeness (QED) is 0.173. The van der Waals surface area contributed by atoms with Crippen LogP contribution >= 0.6 is 0 Å². The third-order valence-electron chi connectivity index (χ3n) is 10.6. The highest BCUT2D eigenvalue weighted by atomic mass is 15.1. The Kier molecular flexibility index (Phi) is 7.51. The molecule has 0 radical (unpaired) electrons. The maximum absolute atomic E-state index is 10.4. The van der Waals surface area contributed by atoms with Crippen molar-refractivity contribution in [3.8, 4) is 34.6 Å². The number of aromatic nitrogens is 2. The molecular formula is C50H31N5. The average molecular weight is 702 g/mol. The molecule has 0 atom stereocenters. The molecule has 0 amide bonds. The van der Waals surface area contributed by atoms with Crippen LogP contribution in [-0.2, 0) is 0 Å². The summed E-state index contributed by atoms with van der Waals surface area (Å²) < 4.78 is 4.44. The molecule has 2 aromatic heterocycles. The van der Waals surface area contributed by atoms with Gasteiger partial charge < -0.3 is 14.0 Å². The topological polar surface area (TPSA) is 60.7 Å². The fourth-order valence-corrected chi connectivity index (χ4v) is 8.24. The number of anilines is 3. The van der Waals surface area contributed by atoms with E-state index in [1.165, 1.54) is 10.8 Å². The lowest BCUT2D eigenvalue weighted by Crippen LogP contribution is -2.09. The summed E-state index contributed by atoms with van der Waals surface area (Å²) in [7, 11) is 0. The van der Waals surface area contributed by atoms with Gasteiger partial charge in [-0.3, -0.25) is 0 Å². The molecule has 0 bridgehead atoms. The summed E-state index contributed by atoms with van der Waals surface area (Å²) in [5, 5.41) is 25.2. The van der Waals surface area contributed by atoms with Gasteiger partial charge in [0.25, 0.3) is 0 Å². The number of nitriles is 2. The summed E-state index contributed by atoms with van der Waals surface area (Å²) >= 11 is 0. The van der Waals surface area contributed by atoms with Crippen LogP contribution < -0.4 is 4.90 Å². The van der Waals surface area contributed by atoms with E-state index in [0.29, 0.717) is 16.8 Å². The highest BCUT2D eigenvalue weighted by Crippen LogP contribution is 2.44. The van der Waals surface area contributed by atoms with Gasteiger partial charge in [0.2, 0.25) is 0 Å². The molecule has 0 saturated carbocycles. The van der Waals surface area contributed by atoms with Crippen molar-refractivity contribution in [2.45, 2.75) is 0 Å². The Morgan fingerprint density at radius 2 is 0.982 bits per heavy atom. The van der Waals surface area contributed by atoms with Crippen LogP contribution in [0.3, 0.4) is 0 Å². The summed E-state index contributed by atoms with van der Waals surface area (Å²) in [5.74, 6) is 0. The predicted octanol–water partition coefficient (Wildman–Crippen LogP) is 12.8. The standard InChI is InChI=1S/C50H31N5/c51-32-35-14-12-15-36(33-52)50(35)55-46-29-27-40(53(37-16-4-1-5-17-37)38-18-6-2-7-19-38)31-44(46)49-41(23-13-25-47(49)55)34-26-28-43-42-22-10-11-24-45(42)54(48(43)30-34)39-20-8-3-9-21-39/h1-31H. The summed E-state index contributed by atoms with van der Waals surface area (Å²) in [4.78, 5) is 2.26. The van der Waals surface area contributed by atoms with Gasteiger partial charge in [-0.25, -0.2) is 0 Å². The Hall–Kier alpha value is -7.86. The van der Waals surface area contributed by atoms with Gasteiger partial charge in [-0.15, -0.1) is 0 Å². The smallest absolute Gasteiger partial charge is 0.101 e. The number of rotatable bonds is 6. The van der Waals surface area contributed by atoms with Crippen molar-refractivity contribution in [3.63, 3.8) is 0 Å². The minimum atomic E-state index is 0.441. The lowest BCUT2D eigenvalue weighted by molar-refractivity contribution is 1.15. The highest BCUT2D eigenvalue weighted by Gasteiger charge is 2.23. The molecule has 5 heteroatoms. The summed E-state index contributed by atoms with van der Waals surface area (Å²) in [6.07, 6.45) is 0. The van der Waals surface area contributed by atoms with E-state index in [0.717, 1.165) is 66.7 Å². The zero-order valence-electron chi connectivity index (χ0n) is 29.6. The van der Waals surface area contributed by atoms with E-state index in [-0.39, 0.29) is 0 Å². The Bertz CT molecular complexity index is 3090. The first kappa shape index (κ1) is 31.8. The van der Waals surface area contributed by atoms with Gasteiger partial charge in [0, 0.05) is 44.3 Å². The predicted molar refractivity (Wildman–Crippen MR) is 225 cm³/mol. The van der Waals surface area contributed by atoms with Gasteiger partial charge in [-0.1, -0.05) is 103 Å². The molecule has 8 aromatic carbocycles. The van der Waals surface area contributed by atoms with E-state index in [2.05, 4.69) is 178 Å². The molecule has 10 aromatic rings. The second-order valence-corrected chi connectivity index (χ2v) is 13.6. The highest BCUT2D eigenvalue weighted by molar-refractivity contribution is 6.18. The molecule has 0 aliphatic carbocycles. The van der Waals surface area contributed by atoms with Gasteiger partial charge in [0.05, 0.1) is 38.9 Å². The van der Waals surface area contributed by atoms with Gasteiger partial charge >= 0.3 is 0 Å². The molecule has 256 valence electrons. The van der Waals surface area contributed by atoms with Crippen LogP contribution in [0.25, 0.3) is 66.1 Å². The van der Waals surface area contributed by atoms with E-state index in [1.54, 1.807) is 18.2 Å². The first-order valence-electron chi connectivity index (χ1n) is 18.2. The normalized spacial score (nSPS) is 11.2. The van der Waals surface area contributed by atoms with Gasteiger partial charge in [-0.05, 0) is 96.1 Å².